The zero-order chi connectivity index (χ0) is 14.8. The van der Waals surface area contributed by atoms with Gasteiger partial charge >= 0.3 is 0 Å². The van der Waals surface area contributed by atoms with E-state index in [-0.39, 0.29) is 5.25 Å². The van der Waals surface area contributed by atoms with E-state index in [0.29, 0.717) is 13.1 Å². The molecule has 0 radical (unpaired) electrons. The quantitative estimate of drug-likeness (QED) is 0.853. The van der Waals surface area contributed by atoms with Gasteiger partial charge in [-0.3, -0.25) is 0 Å². The fourth-order valence-corrected chi connectivity index (χ4v) is 5.03. The summed E-state index contributed by atoms with van der Waals surface area (Å²) in [5.41, 5.74) is 1.10. The van der Waals surface area contributed by atoms with Crippen LogP contribution < -0.4 is 0 Å². The molecule has 4 nitrogen and oxygen atoms in total. The molecule has 1 aromatic rings. The van der Waals surface area contributed by atoms with Gasteiger partial charge in [0, 0.05) is 43.2 Å². The summed E-state index contributed by atoms with van der Waals surface area (Å²) in [7, 11) is -0.182. The Morgan fingerprint density at radius 3 is 2.65 bits per heavy atom. The van der Waals surface area contributed by atoms with E-state index in [1.54, 1.807) is 30.2 Å². The summed E-state index contributed by atoms with van der Waals surface area (Å²) in [5, 5.41) is 1.01. The van der Waals surface area contributed by atoms with Crippen LogP contribution in [0.1, 0.15) is 17.2 Å². The molecule has 0 aromatic heterocycles. The molecule has 1 atom stereocenters. The van der Waals surface area contributed by atoms with Crippen LogP contribution in [0.4, 0.5) is 0 Å². The van der Waals surface area contributed by atoms with E-state index in [1.165, 1.54) is 4.31 Å². The van der Waals surface area contributed by atoms with Crippen LogP contribution in [-0.4, -0.2) is 50.0 Å². The van der Waals surface area contributed by atoms with Gasteiger partial charge in [0.05, 0.1) is 0 Å². The Morgan fingerprint density at radius 1 is 1.30 bits per heavy atom. The van der Waals surface area contributed by atoms with Crippen molar-refractivity contribution < 1.29 is 8.42 Å². The van der Waals surface area contributed by atoms with Crippen molar-refractivity contribution in [3.63, 3.8) is 0 Å². The highest BCUT2D eigenvalue weighted by atomic mass is 35.5. The Morgan fingerprint density at radius 2 is 2.00 bits per heavy atom. The minimum absolute atomic E-state index is 0.256. The molecule has 2 rings (SSSR count). The van der Waals surface area contributed by atoms with Gasteiger partial charge in [-0.05, 0) is 18.1 Å². The SMILES string of the molecule is CN(C)S(=O)(=O)N1CCSC(c2ccccc2Cl)CC1. The van der Waals surface area contributed by atoms with E-state index in [9.17, 15) is 8.42 Å². The van der Waals surface area contributed by atoms with Crippen LogP contribution >= 0.6 is 23.4 Å². The van der Waals surface area contributed by atoms with Crippen LogP contribution in [0, 0.1) is 0 Å². The monoisotopic (exact) mass is 334 g/mol. The zero-order valence-electron chi connectivity index (χ0n) is 11.6. The third-order valence-corrected chi connectivity index (χ3v) is 6.94. The zero-order valence-corrected chi connectivity index (χ0v) is 14.0. The first-order chi connectivity index (χ1) is 9.43. The second kappa shape index (κ2) is 6.66. The molecule has 1 fully saturated rings. The van der Waals surface area contributed by atoms with Gasteiger partial charge in [0.1, 0.15) is 0 Å². The van der Waals surface area contributed by atoms with Crippen LogP contribution in [0.15, 0.2) is 24.3 Å². The third-order valence-electron chi connectivity index (χ3n) is 3.34. The van der Waals surface area contributed by atoms with Crippen molar-refractivity contribution >= 4 is 33.6 Å². The molecule has 0 saturated carbocycles. The Balaban J connectivity index is 2.12. The maximum absolute atomic E-state index is 12.2. The van der Waals surface area contributed by atoms with Crippen LogP contribution in [-0.2, 0) is 10.2 Å². The first kappa shape index (κ1) is 16.1. The molecule has 0 N–H and O–H groups in total. The highest BCUT2D eigenvalue weighted by Crippen LogP contribution is 2.38. The van der Waals surface area contributed by atoms with Gasteiger partial charge in [0.2, 0.25) is 0 Å². The van der Waals surface area contributed by atoms with E-state index >= 15 is 0 Å². The van der Waals surface area contributed by atoms with Crippen molar-refractivity contribution in [2.24, 2.45) is 0 Å². The Bertz CT molecular complexity index is 563. The molecule has 20 heavy (non-hydrogen) atoms. The van der Waals surface area contributed by atoms with Gasteiger partial charge in [-0.1, -0.05) is 29.8 Å². The first-order valence-corrected chi connectivity index (χ1v) is 9.29. The van der Waals surface area contributed by atoms with Crippen LogP contribution in [0.25, 0.3) is 0 Å². The molecule has 0 amide bonds. The van der Waals surface area contributed by atoms with Gasteiger partial charge in [-0.15, -0.1) is 0 Å². The summed E-state index contributed by atoms with van der Waals surface area (Å²) in [6, 6.07) is 7.80. The standard InChI is InChI=1S/C13H19ClN2O2S2/c1-15(2)20(17,18)16-8-7-13(19-10-9-16)11-5-3-4-6-12(11)14/h3-6,13H,7-10H2,1-2H3. The lowest BCUT2D eigenvalue weighted by Crippen LogP contribution is -2.41. The summed E-state index contributed by atoms with van der Waals surface area (Å²) in [6.07, 6.45) is 0.779. The number of benzene rings is 1. The highest BCUT2D eigenvalue weighted by Gasteiger charge is 2.28. The molecule has 1 aliphatic rings. The summed E-state index contributed by atoms with van der Waals surface area (Å²) >= 11 is 8.01. The first-order valence-electron chi connectivity index (χ1n) is 6.46. The number of hydrogen-bond donors (Lipinski definition) is 0. The summed E-state index contributed by atoms with van der Waals surface area (Å²) in [6.45, 7) is 1.08. The molecule has 0 bridgehead atoms. The van der Waals surface area contributed by atoms with Gasteiger partial charge in [-0.2, -0.15) is 28.8 Å². The maximum Gasteiger partial charge on any atom is 0.281 e. The number of rotatable bonds is 3. The normalized spacial score (nSPS) is 21.9. The number of nitrogens with zero attached hydrogens (tertiary/aromatic N) is 2. The lowest BCUT2D eigenvalue weighted by molar-refractivity contribution is 0.387. The fourth-order valence-electron chi connectivity index (χ4n) is 2.20. The van der Waals surface area contributed by atoms with E-state index in [0.717, 1.165) is 22.8 Å². The predicted octanol–water partition coefficient (Wildman–Crippen LogP) is 2.63. The molecule has 0 spiro atoms. The largest absolute Gasteiger partial charge is 0.281 e. The minimum atomic E-state index is -3.32. The van der Waals surface area contributed by atoms with E-state index < -0.39 is 10.2 Å². The van der Waals surface area contributed by atoms with Crippen molar-refractivity contribution in [2.45, 2.75) is 11.7 Å². The van der Waals surface area contributed by atoms with Gasteiger partial charge in [-0.25, -0.2) is 0 Å². The predicted molar refractivity (Wildman–Crippen MR) is 85.4 cm³/mol. The molecule has 1 aromatic carbocycles. The Kier molecular flexibility index (Phi) is 5.36. The number of thioether (sulfide) groups is 1. The molecule has 1 unspecified atom stereocenters. The van der Waals surface area contributed by atoms with Gasteiger partial charge in [0.15, 0.2) is 0 Å². The Labute approximate surface area is 130 Å². The van der Waals surface area contributed by atoms with Crippen LogP contribution in [0.5, 0.6) is 0 Å². The number of halogens is 1. The van der Waals surface area contributed by atoms with Crippen molar-refractivity contribution in [1.82, 2.24) is 8.61 Å². The van der Waals surface area contributed by atoms with Crippen LogP contribution in [0.2, 0.25) is 5.02 Å². The average molecular weight is 335 g/mol. The van der Waals surface area contributed by atoms with Gasteiger partial charge in [0.25, 0.3) is 10.2 Å². The topological polar surface area (TPSA) is 40.6 Å². The van der Waals surface area contributed by atoms with Gasteiger partial charge < -0.3 is 0 Å². The molecule has 0 aliphatic carbocycles. The van der Waals surface area contributed by atoms with Crippen molar-refractivity contribution in [2.75, 3.05) is 32.9 Å². The lowest BCUT2D eigenvalue weighted by atomic mass is 10.1. The van der Waals surface area contributed by atoms with Crippen molar-refractivity contribution in [1.29, 1.82) is 0 Å². The summed E-state index contributed by atoms with van der Waals surface area (Å²) in [5.74, 6) is 0.781. The molecule has 112 valence electrons. The second-order valence-electron chi connectivity index (χ2n) is 4.86. The Hall–Kier alpha value is -0.270. The van der Waals surface area contributed by atoms with Crippen molar-refractivity contribution in [3.8, 4) is 0 Å². The minimum Gasteiger partial charge on any atom is -0.195 e. The van der Waals surface area contributed by atoms with E-state index in [1.807, 2.05) is 24.3 Å². The summed E-state index contributed by atoms with van der Waals surface area (Å²) < 4.78 is 27.2. The van der Waals surface area contributed by atoms with Crippen LogP contribution in [0.3, 0.4) is 0 Å². The molecular formula is C13H19ClN2O2S2. The smallest absolute Gasteiger partial charge is 0.195 e. The van der Waals surface area contributed by atoms with Crippen molar-refractivity contribution in [3.05, 3.63) is 34.9 Å². The highest BCUT2D eigenvalue weighted by molar-refractivity contribution is 7.99. The second-order valence-corrected chi connectivity index (χ2v) is 8.72. The average Bonchev–Trinajstić information content (AvgIpc) is 2.65. The molecule has 7 heteroatoms. The molecular weight excluding hydrogens is 316 g/mol. The number of hydrogen-bond acceptors (Lipinski definition) is 3. The fraction of sp³-hybridized carbons (Fsp3) is 0.538. The molecule has 1 saturated heterocycles. The molecule has 1 aliphatic heterocycles. The van der Waals surface area contributed by atoms with E-state index in [4.69, 9.17) is 11.6 Å². The van der Waals surface area contributed by atoms with E-state index in [2.05, 4.69) is 0 Å². The maximum atomic E-state index is 12.2. The third kappa shape index (κ3) is 3.49. The lowest BCUT2D eigenvalue weighted by Gasteiger charge is -2.23. The molecule has 1 heterocycles. The summed E-state index contributed by atoms with van der Waals surface area (Å²) in [4.78, 5) is 0.